The Morgan fingerprint density at radius 1 is 1.05 bits per heavy atom. The van der Waals surface area contributed by atoms with Gasteiger partial charge in [-0.2, -0.15) is 0 Å². The number of nitrogens with two attached hydrogens (primary N) is 1. The van der Waals surface area contributed by atoms with Crippen molar-refractivity contribution in [2.75, 3.05) is 7.05 Å². The molecule has 3 heteroatoms. The van der Waals surface area contributed by atoms with Crippen LogP contribution in [0.25, 0.3) is 0 Å². The highest BCUT2D eigenvalue weighted by atomic mass is 16.2. The summed E-state index contributed by atoms with van der Waals surface area (Å²) in [4.78, 5) is 14.8. The number of carbonyl (C=O) groups excluding carboxylic acids is 1. The molecule has 0 aromatic rings. The van der Waals surface area contributed by atoms with E-state index in [4.69, 9.17) is 5.73 Å². The lowest BCUT2D eigenvalue weighted by molar-refractivity contribution is -0.138. The largest absolute Gasteiger partial charge is 0.343 e. The minimum Gasteiger partial charge on any atom is -0.343 e. The Labute approximate surface area is 130 Å². The lowest BCUT2D eigenvalue weighted by atomic mass is 9.79. The van der Waals surface area contributed by atoms with Gasteiger partial charge in [0.15, 0.2) is 0 Å². The van der Waals surface area contributed by atoms with Crippen LogP contribution in [0.1, 0.15) is 77.6 Å². The molecule has 2 saturated carbocycles. The van der Waals surface area contributed by atoms with Gasteiger partial charge in [-0.05, 0) is 57.3 Å². The Morgan fingerprint density at radius 3 is 2.24 bits per heavy atom. The van der Waals surface area contributed by atoms with E-state index < -0.39 is 0 Å². The molecular weight excluding hydrogens is 260 g/mol. The second kappa shape index (κ2) is 8.17. The molecule has 0 bridgehead atoms. The van der Waals surface area contributed by atoms with E-state index in [0.717, 1.165) is 44.4 Å². The third-order valence-corrected chi connectivity index (χ3v) is 5.80. The summed E-state index contributed by atoms with van der Waals surface area (Å²) in [5, 5.41) is 0. The van der Waals surface area contributed by atoms with Crippen molar-refractivity contribution in [1.29, 1.82) is 0 Å². The van der Waals surface area contributed by atoms with E-state index in [0.29, 0.717) is 23.9 Å². The van der Waals surface area contributed by atoms with Gasteiger partial charge in [0.2, 0.25) is 5.91 Å². The molecule has 0 aromatic carbocycles. The number of hydrogen-bond donors (Lipinski definition) is 1. The molecule has 0 unspecified atom stereocenters. The normalized spacial score (nSPS) is 33.7. The van der Waals surface area contributed by atoms with Crippen molar-refractivity contribution in [3.63, 3.8) is 0 Å². The van der Waals surface area contributed by atoms with Crippen LogP contribution in [0.4, 0.5) is 0 Å². The summed E-state index contributed by atoms with van der Waals surface area (Å²) < 4.78 is 0. The first kappa shape index (κ1) is 16.8. The molecule has 0 spiro atoms. The number of rotatable bonds is 5. The minimum absolute atomic E-state index is 0.295. The summed E-state index contributed by atoms with van der Waals surface area (Å²) in [7, 11) is 2.02. The van der Waals surface area contributed by atoms with Crippen LogP contribution in [-0.2, 0) is 4.79 Å². The van der Waals surface area contributed by atoms with E-state index in [2.05, 4.69) is 11.8 Å². The molecular formula is C18H34N2O. The monoisotopic (exact) mass is 294 g/mol. The lowest BCUT2D eigenvalue weighted by Crippen LogP contribution is -2.44. The smallest absolute Gasteiger partial charge is 0.225 e. The van der Waals surface area contributed by atoms with Gasteiger partial charge >= 0.3 is 0 Å². The average Bonchev–Trinajstić information content (AvgIpc) is 2.53. The van der Waals surface area contributed by atoms with E-state index in [1.165, 1.54) is 32.1 Å². The molecule has 3 nitrogen and oxygen atoms in total. The average molecular weight is 294 g/mol. The van der Waals surface area contributed by atoms with Crippen molar-refractivity contribution in [3.8, 4) is 0 Å². The SMILES string of the molecule is CCCCC1CCC(C(=O)N(C)C2CCC(N)CC2)CC1. The molecule has 0 heterocycles. The van der Waals surface area contributed by atoms with Gasteiger partial charge in [-0.3, -0.25) is 4.79 Å². The first-order valence-electron chi connectivity index (χ1n) is 9.14. The summed E-state index contributed by atoms with van der Waals surface area (Å²) >= 11 is 0. The fourth-order valence-corrected chi connectivity index (χ4v) is 4.15. The van der Waals surface area contributed by atoms with Gasteiger partial charge in [-0.1, -0.05) is 26.2 Å². The van der Waals surface area contributed by atoms with Crippen molar-refractivity contribution in [2.24, 2.45) is 17.6 Å². The van der Waals surface area contributed by atoms with Crippen molar-refractivity contribution < 1.29 is 4.79 Å². The molecule has 2 fully saturated rings. The van der Waals surface area contributed by atoms with Crippen LogP contribution in [0, 0.1) is 11.8 Å². The molecule has 21 heavy (non-hydrogen) atoms. The highest BCUT2D eigenvalue weighted by Crippen LogP contribution is 2.33. The van der Waals surface area contributed by atoms with E-state index in [-0.39, 0.29) is 0 Å². The fraction of sp³-hybridized carbons (Fsp3) is 0.944. The second-order valence-electron chi connectivity index (χ2n) is 7.38. The third-order valence-electron chi connectivity index (χ3n) is 5.80. The van der Waals surface area contributed by atoms with Crippen LogP contribution in [0.2, 0.25) is 0 Å². The lowest BCUT2D eigenvalue weighted by Gasteiger charge is -2.37. The number of amides is 1. The van der Waals surface area contributed by atoms with E-state index >= 15 is 0 Å². The molecule has 2 aliphatic rings. The quantitative estimate of drug-likeness (QED) is 0.840. The Bertz CT molecular complexity index is 315. The van der Waals surface area contributed by atoms with Gasteiger partial charge in [0.1, 0.15) is 0 Å². The van der Waals surface area contributed by atoms with Crippen LogP contribution in [0.15, 0.2) is 0 Å². The zero-order valence-corrected chi connectivity index (χ0v) is 14.0. The third kappa shape index (κ3) is 4.70. The molecule has 0 radical (unpaired) electrons. The number of carbonyl (C=O) groups is 1. The molecule has 122 valence electrons. The number of unbranched alkanes of at least 4 members (excludes halogenated alkanes) is 1. The van der Waals surface area contributed by atoms with Crippen molar-refractivity contribution in [1.82, 2.24) is 4.90 Å². The molecule has 2 N–H and O–H groups in total. The topological polar surface area (TPSA) is 46.3 Å². The molecule has 2 aliphatic carbocycles. The summed E-state index contributed by atoms with van der Waals surface area (Å²) in [6, 6.07) is 0.800. The predicted octanol–water partition coefficient (Wildman–Crippen LogP) is 3.71. The maximum Gasteiger partial charge on any atom is 0.225 e. The predicted molar refractivity (Wildman–Crippen MR) is 88.0 cm³/mol. The second-order valence-corrected chi connectivity index (χ2v) is 7.38. The van der Waals surface area contributed by atoms with E-state index in [9.17, 15) is 4.79 Å². The van der Waals surface area contributed by atoms with Crippen LogP contribution in [-0.4, -0.2) is 29.9 Å². The van der Waals surface area contributed by atoms with Gasteiger partial charge in [-0.15, -0.1) is 0 Å². The van der Waals surface area contributed by atoms with Crippen LogP contribution in [0.3, 0.4) is 0 Å². The molecule has 0 saturated heterocycles. The zero-order valence-electron chi connectivity index (χ0n) is 14.0. The fourth-order valence-electron chi connectivity index (χ4n) is 4.15. The van der Waals surface area contributed by atoms with Gasteiger partial charge in [-0.25, -0.2) is 0 Å². The summed E-state index contributed by atoms with van der Waals surface area (Å²) in [6.45, 7) is 2.26. The number of nitrogens with zero attached hydrogens (tertiary/aromatic N) is 1. The molecule has 1 amide bonds. The summed E-state index contributed by atoms with van der Waals surface area (Å²) in [6.07, 6.45) is 13.1. The standard InChI is InChI=1S/C18H34N2O/c1-3-4-5-14-6-8-15(9-7-14)18(21)20(2)17-12-10-16(19)11-13-17/h14-17H,3-13,19H2,1-2H3. The first-order chi connectivity index (χ1) is 10.1. The minimum atomic E-state index is 0.295. The van der Waals surface area contributed by atoms with Gasteiger partial charge in [0.25, 0.3) is 0 Å². The van der Waals surface area contributed by atoms with Crippen molar-refractivity contribution in [2.45, 2.75) is 89.6 Å². The maximum atomic E-state index is 12.7. The molecule has 0 atom stereocenters. The van der Waals surface area contributed by atoms with Crippen molar-refractivity contribution in [3.05, 3.63) is 0 Å². The van der Waals surface area contributed by atoms with E-state index in [1.807, 2.05) is 7.05 Å². The molecule has 0 aromatic heterocycles. The van der Waals surface area contributed by atoms with Crippen molar-refractivity contribution >= 4 is 5.91 Å². The summed E-state index contributed by atoms with van der Waals surface area (Å²) in [5.41, 5.74) is 5.97. The molecule has 0 aliphatic heterocycles. The van der Waals surface area contributed by atoms with Gasteiger partial charge < -0.3 is 10.6 Å². The summed E-state index contributed by atoms with van der Waals surface area (Å²) in [5.74, 6) is 1.58. The maximum absolute atomic E-state index is 12.7. The Balaban J connectivity index is 1.76. The Hall–Kier alpha value is -0.570. The number of hydrogen-bond acceptors (Lipinski definition) is 2. The highest BCUT2D eigenvalue weighted by Gasteiger charge is 2.31. The van der Waals surface area contributed by atoms with Gasteiger partial charge in [0.05, 0.1) is 0 Å². The van der Waals surface area contributed by atoms with Crippen LogP contribution >= 0.6 is 0 Å². The Kier molecular flexibility index (Phi) is 6.53. The Morgan fingerprint density at radius 2 is 1.67 bits per heavy atom. The van der Waals surface area contributed by atoms with Crippen LogP contribution < -0.4 is 5.73 Å². The highest BCUT2D eigenvalue weighted by molar-refractivity contribution is 5.79. The van der Waals surface area contributed by atoms with Crippen LogP contribution in [0.5, 0.6) is 0 Å². The zero-order chi connectivity index (χ0) is 15.2. The van der Waals surface area contributed by atoms with Gasteiger partial charge in [0, 0.05) is 25.0 Å². The first-order valence-corrected chi connectivity index (χ1v) is 9.14. The molecule has 2 rings (SSSR count). The van der Waals surface area contributed by atoms with E-state index in [1.54, 1.807) is 0 Å².